The van der Waals surface area contributed by atoms with Crippen LogP contribution in [-0.4, -0.2) is 39.8 Å². The van der Waals surface area contributed by atoms with E-state index in [0.717, 1.165) is 5.56 Å². The monoisotopic (exact) mass is 359 g/mol. The highest BCUT2D eigenvalue weighted by Crippen LogP contribution is 2.27. The fourth-order valence-corrected chi connectivity index (χ4v) is 2.14. The van der Waals surface area contributed by atoms with E-state index >= 15 is 0 Å². The highest BCUT2D eigenvalue weighted by Gasteiger charge is 2.08. The third-order valence-corrected chi connectivity index (χ3v) is 3.56. The van der Waals surface area contributed by atoms with Crippen LogP contribution in [-0.2, 0) is 16.1 Å². The molecule has 0 saturated carbocycles. The standard InChI is InChI=1S/C19H21NO6/c1-23-15-8-16(24-2)10-17(9-15)26-12-18(21)20-11-13-4-6-14(7-5-13)19(22)25-3/h4-10H,11-12H2,1-3H3,(H,20,21). The second-order valence-electron chi connectivity index (χ2n) is 5.30. The third kappa shape index (κ3) is 5.41. The van der Waals surface area contributed by atoms with Gasteiger partial charge in [0.25, 0.3) is 5.91 Å². The molecule has 0 unspecified atom stereocenters. The first kappa shape index (κ1) is 19.1. The Morgan fingerprint density at radius 3 is 2.00 bits per heavy atom. The maximum atomic E-state index is 11.9. The van der Waals surface area contributed by atoms with E-state index in [9.17, 15) is 9.59 Å². The zero-order valence-corrected chi connectivity index (χ0v) is 14.9. The Morgan fingerprint density at radius 1 is 0.885 bits per heavy atom. The molecular formula is C19H21NO6. The summed E-state index contributed by atoms with van der Waals surface area (Å²) in [5, 5.41) is 2.75. The quantitative estimate of drug-likeness (QED) is 0.728. The molecule has 0 aliphatic rings. The molecule has 1 N–H and O–H groups in total. The lowest BCUT2D eigenvalue weighted by molar-refractivity contribution is -0.123. The van der Waals surface area contributed by atoms with Crippen LogP contribution in [0.1, 0.15) is 15.9 Å². The van der Waals surface area contributed by atoms with Gasteiger partial charge in [0.2, 0.25) is 0 Å². The van der Waals surface area contributed by atoms with E-state index in [2.05, 4.69) is 10.1 Å². The summed E-state index contributed by atoms with van der Waals surface area (Å²) in [6.07, 6.45) is 0. The first-order chi connectivity index (χ1) is 12.5. The third-order valence-electron chi connectivity index (χ3n) is 3.56. The van der Waals surface area contributed by atoms with Crippen LogP contribution in [0.4, 0.5) is 0 Å². The van der Waals surface area contributed by atoms with E-state index < -0.39 is 5.97 Å². The lowest BCUT2D eigenvalue weighted by Crippen LogP contribution is -2.28. The summed E-state index contributed by atoms with van der Waals surface area (Å²) in [7, 11) is 4.40. The van der Waals surface area contributed by atoms with Crippen molar-refractivity contribution in [2.24, 2.45) is 0 Å². The molecule has 138 valence electrons. The highest BCUT2D eigenvalue weighted by molar-refractivity contribution is 5.89. The molecule has 1 amide bonds. The van der Waals surface area contributed by atoms with Crippen LogP contribution in [0.2, 0.25) is 0 Å². The minimum absolute atomic E-state index is 0.142. The Kier molecular flexibility index (Phi) is 6.84. The number of carbonyl (C=O) groups excluding carboxylic acids is 2. The summed E-state index contributed by atoms with van der Waals surface area (Å²) in [4.78, 5) is 23.3. The first-order valence-electron chi connectivity index (χ1n) is 7.85. The molecule has 2 aromatic carbocycles. The molecule has 0 radical (unpaired) electrons. The first-order valence-corrected chi connectivity index (χ1v) is 7.85. The molecule has 7 heteroatoms. The van der Waals surface area contributed by atoms with E-state index in [1.54, 1.807) is 42.5 Å². The maximum absolute atomic E-state index is 11.9. The number of rotatable bonds is 8. The van der Waals surface area contributed by atoms with E-state index in [0.29, 0.717) is 29.4 Å². The molecule has 2 aromatic rings. The van der Waals surface area contributed by atoms with Crippen LogP contribution in [0.15, 0.2) is 42.5 Å². The van der Waals surface area contributed by atoms with E-state index in [-0.39, 0.29) is 12.5 Å². The number of esters is 1. The smallest absolute Gasteiger partial charge is 0.337 e. The number of methoxy groups -OCH3 is 3. The molecule has 26 heavy (non-hydrogen) atoms. The summed E-state index contributed by atoms with van der Waals surface area (Å²) in [6.45, 7) is 0.182. The van der Waals surface area contributed by atoms with Crippen molar-refractivity contribution in [3.63, 3.8) is 0 Å². The average molecular weight is 359 g/mol. The maximum Gasteiger partial charge on any atom is 0.337 e. The lowest BCUT2D eigenvalue weighted by Gasteiger charge is -2.10. The van der Waals surface area contributed by atoms with Crippen LogP contribution in [0.3, 0.4) is 0 Å². The average Bonchev–Trinajstić information content (AvgIpc) is 2.70. The van der Waals surface area contributed by atoms with Gasteiger partial charge < -0.3 is 24.3 Å². The normalized spacial score (nSPS) is 9.96. The molecular weight excluding hydrogens is 338 g/mol. The van der Waals surface area contributed by atoms with Crippen molar-refractivity contribution in [2.75, 3.05) is 27.9 Å². The van der Waals surface area contributed by atoms with Gasteiger partial charge in [0.15, 0.2) is 6.61 Å². The summed E-state index contributed by atoms with van der Waals surface area (Å²) in [6, 6.07) is 11.8. The molecule has 7 nitrogen and oxygen atoms in total. The lowest BCUT2D eigenvalue weighted by atomic mass is 10.1. The molecule has 0 bridgehead atoms. The van der Waals surface area contributed by atoms with Crippen LogP contribution in [0, 0.1) is 0 Å². The van der Waals surface area contributed by atoms with Gasteiger partial charge in [-0.2, -0.15) is 0 Å². The van der Waals surface area contributed by atoms with Gasteiger partial charge in [0.05, 0.1) is 26.9 Å². The molecule has 2 rings (SSSR count). The summed E-state index contributed by atoms with van der Waals surface area (Å²) >= 11 is 0. The van der Waals surface area contributed by atoms with Gasteiger partial charge in [0.1, 0.15) is 17.2 Å². The number of hydrogen-bond donors (Lipinski definition) is 1. The second kappa shape index (κ2) is 9.31. The van der Waals surface area contributed by atoms with E-state index in [1.165, 1.54) is 21.3 Å². The fraction of sp³-hybridized carbons (Fsp3) is 0.263. The van der Waals surface area contributed by atoms with Crippen molar-refractivity contribution in [1.29, 1.82) is 0 Å². The number of benzene rings is 2. The molecule has 0 saturated heterocycles. The predicted octanol–water partition coefficient (Wildman–Crippen LogP) is 2.19. The predicted molar refractivity (Wildman–Crippen MR) is 94.7 cm³/mol. The van der Waals surface area contributed by atoms with Crippen molar-refractivity contribution >= 4 is 11.9 Å². The highest BCUT2D eigenvalue weighted by atomic mass is 16.5. The van der Waals surface area contributed by atoms with Gasteiger partial charge in [-0.25, -0.2) is 4.79 Å². The Bertz CT molecular complexity index is 735. The van der Waals surface area contributed by atoms with Crippen molar-refractivity contribution in [3.8, 4) is 17.2 Å². The van der Waals surface area contributed by atoms with Crippen molar-refractivity contribution in [1.82, 2.24) is 5.32 Å². The largest absolute Gasteiger partial charge is 0.496 e. The minimum atomic E-state index is -0.400. The van der Waals surface area contributed by atoms with Gasteiger partial charge in [-0.3, -0.25) is 4.79 Å². The molecule has 0 atom stereocenters. The van der Waals surface area contributed by atoms with Gasteiger partial charge >= 0.3 is 5.97 Å². The van der Waals surface area contributed by atoms with Crippen molar-refractivity contribution < 1.29 is 28.5 Å². The molecule has 0 aliphatic carbocycles. The Hall–Kier alpha value is -3.22. The Balaban J connectivity index is 1.84. The number of carbonyl (C=O) groups is 2. The molecule has 0 aliphatic heterocycles. The topological polar surface area (TPSA) is 83.1 Å². The minimum Gasteiger partial charge on any atom is -0.496 e. The van der Waals surface area contributed by atoms with Crippen LogP contribution in [0.5, 0.6) is 17.2 Å². The van der Waals surface area contributed by atoms with Crippen molar-refractivity contribution in [2.45, 2.75) is 6.54 Å². The Morgan fingerprint density at radius 2 is 1.46 bits per heavy atom. The number of nitrogens with one attached hydrogen (secondary N) is 1. The molecule has 0 fully saturated rings. The van der Waals surface area contributed by atoms with Crippen LogP contribution < -0.4 is 19.5 Å². The summed E-state index contributed by atoms with van der Waals surface area (Å²) in [5.74, 6) is 0.946. The summed E-state index contributed by atoms with van der Waals surface area (Å²) < 4.78 is 20.4. The van der Waals surface area contributed by atoms with Crippen LogP contribution in [0.25, 0.3) is 0 Å². The van der Waals surface area contributed by atoms with Crippen LogP contribution >= 0.6 is 0 Å². The number of hydrogen-bond acceptors (Lipinski definition) is 6. The zero-order chi connectivity index (χ0) is 18.9. The fourth-order valence-electron chi connectivity index (χ4n) is 2.14. The molecule has 0 aromatic heterocycles. The zero-order valence-electron chi connectivity index (χ0n) is 14.9. The summed E-state index contributed by atoms with van der Waals surface area (Å²) in [5.41, 5.74) is 1.31. The SMILES string of the molecule is COC(=O)c1ccc(CNC(=O)COc2cc(OC)cc(OC)c2)cc1. The van der Waals surface area contributed by atoms with E-state index in [1.807, 2.05) is 0 Å². The number of amides is 1. The van der Waals surface area contributed by atoms with Gasteiger partial charge in [-0.15, -0.1) is 0 Å². The van der Waals surface area contributed by atoms with Gasteiger partial charge in [0, 0.05) is 24.7 Å². The number of ether oxygens (including phenoxy) is 4. The second-order valence-corrected chi connectivity index (χ2v) is 5.30. The van der Waals surface area contributed by atoms with Gasteiger partial charge in [-0.1, -0.05) is 12.1 Å². The molecule has 0 spiro atoms. The van der Waals surface area contributed by atoms with E-state index in [4.69, 9.17) is 14.2 Å². The van der Waals surface area contributed by atoms with Crippen molar-refractivity contribution in [3.05, 3.63) is 53.6 Å². The Labute approximate surface area is 151 Å². The van der Waals surface area contributed by atoms with Gasteiger partial charge in [-0.05, 0) is 17.7 Å². The molecule has 0 heterocycles.